The molecule has 2 aromatic carbocycles. The number of anilines is 2. The Labute approximate surface area is 94.5 Å². The number of rotatable bonds is 3. The molecule has 0 saturated heterocycles. The van der Waals surface area contributed by atoms with E-state index in [1.165, 1.54) is 0 Å². The number of phenols is 1. The SMILES string of the molecule is Nc1ccccc1NCc1ccccc1O. The van der Waals surface area contributed by atoms with Gasteiger partial charge in [-0.25, -0.2) is 0 Å². The molecule has 0 unspecified atom stereocenters. The fourth-order valence-corrected chi connectivity index (χ4v) is 1.51. The summed E-state index contributed by atoms with van der Waals surface area (Å²) < 4.78 is 0. The Balaban J connectivity index is 2.09. The molecule has 0 radical (unpaired) electrons. The number of para-hydroxylation sites is 3. The second-order valence-electron chi connectivity index (χ2n) is 3.57. The smallest absolute Gasteiger partial charge is 0.120 e. The summed E-state index contributed by atoms with van der Waals surface area (Å²) in [5.41, 5.74) is 8.24. The maximum atomic E-state index is 9.59. The summed E-state index contributed by atoms with van der Waals surface area (Å²) in [6.45, 7) is 0.556. The minimum atomic E-state index is 0.296. The second-order valence-corrected chi connectivity index (χ2v) is 3.57. The molecule has 0 fully saturated rings. The van der Waals surface area contributed by atoms with Crippen LogP contribution in [0.5, 0.6) is 5.75 Å². The van der Waals surface area contributed by atoms with Crippen LogP contribution in [0.3, 0.4) is 0 Å². The molecule has 0 saturated carbocycles. The molecule has 0 bridgehead atoms. The van der Waals surface area contributed by atoms with Crippen LogP contribution in [0.2, 0.25) is 0 Å². The van der Waals surface area contributed by atoms with Crippen molar-refractivity contribution in [1.82, 2.24) is 0 Å². The molecular weight excluding hydrogens is 200 g/mol. The molecule has 0 aliphatic carbocycles. The number of hydrogen-bond acceptors (Lipinski definition) is 3. The average Bonchev–Trinajstić information content (AvgIpc) is 2.30. The zero-order chi connectivity index (χ0) is 11.4. The molecule has 0 aliphatic heterocycles. The molecule has 82 valence electrons. The quantitative estimate of drug-likeness (QED) is 0.688. The molecular formula is C13H14N2O. The third-order valence-corrected chi connectivity index (χ3v) is 2.42. The van der Waals surface area contributed by atoms with Gasteiger partial charge in [0.2, 0.25) is 0 Å². The van der Waals surface area contributed by atoms with Crippen LogP contribution >= 0.6 is 0 Å². The van der Waals surface area contributed by atoms with Crippen LogP contribution in [0, 0.1) is 0 Å². The lowest BCUT2D eigenvalue weighted by molar-refractivity contribution is 0.469. The summed E-state index contributed by atoms with van der Waals surface area (Å²) in [5.74, 6) is 0.296. The van der Waals surface area contributed by atoms with Gasteiger partial charge in [-0.15, -0.1) is 0 Å². The molecule has 3 heteroatoms. The van der Waals surface area contributed by atoms with Gasteiger partial charge in [0, 0.05) is 12.1 Å². The monoisotopic (exact) mass is 214 g/mol. The number of hydrogen-bond donors (Lipinski definition) is 3. The summed E-state index contributed by atoms with van der Waals surface area (Å²) in [6, 6.07) is 14.8. The van der Waals surface area contributed by atoms with E-state index in [0.29, 0.717) is 18.0 Å². The van der Waals surface area contributed by atoms with Crippen LogP contribution < -0.4 is 11.1 Å². The van der Waals surface area contributed by atoms with Crippen molar-refractivity contribution in [2.75, 3.05) is 11.1 Å². The fourth-order valence-electron chi connectivity index (χ4n) is 1.51. The van der Waals surface area contributed by atoms with E-state index in [1.807, 2.05) is 36.4 Å². The highest BCUT2D eigenvalue weighted by atomic mass is 16.3. The molecule has 16 heavy (non-hydrogen) atoms. The number of benzene rings is 2. The van der Waals surface area contributed by atoms with E-state index in [1.54, 1.807) is 12.1 Å². The third kappa shape index (κ3) is 2.25. The summed E-state index contributed by atoms with van der Waals surface area (Å²) in [5, 5.41) is 12.8. The van der Waals surface area contributed by atoms with Crippen molar-refractivity contribution in [1.29, 1.82) is 0 Å². The van der Waals surface area contributed by atoms with Gasteiger partial charge in [0.15, 0.2) is 0 Å². The topological polar surface area (TPSA) is 58.3 Å². The van der Waals surface area contributed by atoms with Crippen molar-refractivity contribution >= 4 is 11.4 Å². The number of aromatic hydroxyl groups is 1. The van der Waals surface area contributed by atoms with Crippen molar-refractivity contribution in [3.05, 3.63) is 54.1 Å². The zero-order valence-electron chi connectivity index (χ0n) is 8.85. The minimum Gasteiger partial charge on any atom is -0.508 e. The zero-order valence-corrected chi connectivity index (χ0v) is 8.85. The van der Waals surface area contributed by atoms with Gasteiger partial charge in [0.1, 0.15) is 5.75 Å². The largest absolute Gasteiger partial charge is 0.508 e. The molecule has 0 atom stereocenters. The van der Waals surface area contributed by atoms with Gasteiger partial charge in [-0.1, -0.05) is 30.3 Å². The van der Waals surface area contributed by atoms with E-state index in [-0.39, 0.29) is 0 Å². The molecule has 0 amide bonds. The predicted molar refractivity (Wildman–Crippen MR) is 66.3 cm³/mol. The van der Waals surface area contributed by atoms with Crippen LogP contribution in [0.15, 0.2) is 48.5 Å². The highest BCUT2D eigenvalue weighted by molar-refractivity contribution is 5.65. The first kappa shape index (κ1) is 10.4. The van der Waals surface area contributed by atoms with E-state index in [9.17, 15) is 5.11 Å². The highest BCUT2D eigenvalue weighted by Crippen LogP contribution is 2.20. The Morgan fingerprint density at radius 3 is 2.44 bits per heavy atom. The lowest BCUT2D eigenvalue weighted by atomic mass is 10.2. The Morgan fingerprint density at radius 1 is 1.00 bits per heavy atom. The molecule has 3 nitrogen and oxygen atoms in total. The van der Waals surface area contributed by atoms with Gasteiger partial charge >= 0.3 is 0 Å². The van der Waals surface area contributed by atoms with Crippen molar-refractivity contribution < 1.29 is 5.11 Å². The average molecular weight is 214 g/mol. The standard InChI is InChI=1S/C13H14N2O/c14-11-6-2-3-7-12(11)15-9-10-5-1-4-8-13(10)16/h1-8,15-16H,9,14H2. The maximum absolute atomic E-state index is 9.59. The molecule has 0 aromatic heterocycles. The second kappa shape index (κ2) is 4.57. The predicted octanol–water partition coefficient (Wildman–Crippen LogP) is 2.59. The van der Waals surface area contributed by atoms with Gasteiger partial charge in [-0.05, 0) is 18.2 Å². The van der Waals surface area contributed by atoms with Crippen molar-refractivity contribution in [2.45, 2.75) is 6.54 Å². The van der Waals surface area contributed by atoms with Gasteiger partial charge < -0.3 is 16.2 Å². The van der Waals surface area contributed by atoms with Gasteiger partial charge in [0.05, 0.1) is 11.4 Å². The molecule has 0 spiro atoms. The maximum Gasteiger partial charge on any atom is 0.120 e. The molecule has 0 aliphatic rings. The molecule has 2 rings (SSSR count). The van der Waals surface area contributed by atoms with Crippen LogP contribution in [-0.4, -0.2) is 5.11 Å². The third-order valence-electron chi connectivity index (χ3n) is 2.42. The van der Waals surface area contributed by atoms with Crippen molar-refractivity contribution in [3.8, 4) is 5.75 Å². The number of nitrogens with one attached hydrogen (secondary N) is 1. The first-order chi connectivity index (χ1) is 7.77. The van der Waals surface area contributed by atoms with Crippen LogP contribution in [0.4, 0.5) is 11.4 Å². The Bertz CT molecular complexity index is 437. The van der Waals surface area contributed by atoms with Crippen LogP contribution in [0.1, 0.15) is 5.56 Å². The van der Waals surface area contributed by atoms with E-state index in [0.717, 1.165) is 11.3 Å². The van der Waals surface area contributed by atoms with E-state index >= 15 is 0 Å². The van der Waals surface area contributed by atoms with Gasteiger partial charge in [-0.2, -0.15) is 0 Å². The lowest BCUT2D eigenvalue weighted by Crippen LogP contribution is -2.02. The Hall–Kier alpha value is -2.16. The molecule has 0 heterocycles. The Kier molecular flexibility index (Phi) is 2.96. The Morgan fingerprint density at radius 2 is 1.69 bits per heavy atom. The van der Waals surface area contributed by atoms with Gasteiger partial charge in [0.25, 0.3) is 0 Å². The first-order valence-corrected chi connectivity index (χ1v) is 5.12. The normalized spacial score (nSPS) is 10.0. The van der Waals surface area contributed by atoms with E-state index in [2.05, 4.69) is 5.32 Å². The fraction of sp³-hybridized carbons (Fsp3) is 0.0769. The van der Waals surface area contributed by atoms with Crippen molar-refractivity contribution in [3.63, 3.8) is 0 Å². The molecule has 2 aromatic rings. The van der Waals surface area contributed by atoms with Crippen molar-refractivity contribution in [2.24, 2.45) is 0 Å². The summed E-state index contributed by atoms with van der Waals surface area (Å²) in [4.78, 5) is 0. The molecule has 4 N–H and O–H groups in total. The lowest BCUT2D eigenvalue weighted by Gasteiger charge is -2.09. The highest BCUT2D eigenvalue weighted by Gasteiger charge is 2.00. The van der Waals surface area contributed by atoms with Gasteiger partial charge in [-0.3, -0.25) is 0 Å². The van der Waals surface area contributed by atoms with Crippen LogP contribution in [0.25, 0.3) is 0 Å². The number of nitrogen functional groups attached to an aromatic ring is 1. The van der Waals surface area contributed by atoms with E-state index in [4.69, 9.17) is 5.73 Å². The first-order valence-electron chi connectivity index (χ1n) is 5.12. The van der Waals surface area contributed by atoms with Crippen LogP contribution in [-0.2, 0) is 6.54 Å². The minimum absolute atomic E-state index is 0.296. The summed E-state index contributed by atoms with van der Waals surface area (Å²) >= 11 is 0. The number of nitrogens with two attached hydrogens (primary N) is 1. The summed E-state index contributed by atoms with van der Waals surface area (Å²) in [7, 11) is 0. The number of phenolic OH excluding ortho intramolecular Hbond substituents is 1. The van der Waals surface area contributed by atoms with E-state index < -0.39 is 0 Å². The summed E-state index contributed by atoms with van der Waals surface area (Å²) in [6.07, 6.45) is 0.